The molecule has 0 aliphatic carbocycles. The number of methoxy groups -OCH3 is 1. The van der Waals surface area contributed by atoms with Crippen molar-refractivity contribution in [3.63, 3.8) is 0 Å². The first-order valence-corrected chi connectivity index (χ1v) is 12.4. The highest BCUT2D eigenvalue weighted by atomic mass is 16.5. The normalized spacial score (nSPS) is 12.1. The average Bonchev–Trinajstić information content (AvgIpc) is 3.35. The fraction of sp³-hybridized carbons (Fsp3) is 0.370. The summed E-state index contributed by atoms with van der Waals surface area (Å²) in [5, 5.41) is 13.1. The first kappa shape index (κ1) is 26.0. The van der Waals surface area contributed by atoms with Crippen LogP contribution in [0, 0.1) is 0 Å². The SMILES string of the molecule is CCOC(=O)Cn1nnnc1[C@@H](CC)N(CCc1ccccc1)Cc1cc2ccc(OC)cc2[nH]c1=O. The second kappa shape index (κ2) is 12.3. The van der Waals surface area contributed by atoms with Crippen molar-refractivity contribution in [3.05, 3.63) is 81.9 Å². The number of aromatic nitrogens is 5. The maximum atomic E-state index is 13.1. The Bertz CT molecular complexity index is 1380. The van der Waals surface area contributed by atoms with Gasteiger partial charge in [-0.15, -0.1) is 5.10 Å². The molecule has 0 amide bonds. The summed E-state index contributed by atoms with van der Waals surface area (Å²) in [4.78, 5) is 30.4. The molecular weight excluding hydrogens is 472 g/mol. The average molecular weight is 505 g/mol. The first-order valence-electron chi connectivity index (χ1n) is 12.4. The van der Waals surface area contributed by atoms with Crippen LogP contribution in [-0.2, 0) is 29.0 Å². The van der Waals surface area contributed by atoms with Crippen molar-refractivity contribution in [2.24, 2.45) is 0 Å². The van der Waals surface area contributed by atoms with E-state index in [-0.39, 0.29) is 24.8 Å². The third-order valence-electron chi connectivity index (χ3n) is 6.30. The van der Waals surface area contributed by atoms with Crippen LogP contribution in [0.2, 0.25) is 0 Å². The summed E-state index contributed by atoms with van der Waals surface area (Å²) in [5.41, 5.74) is 2.38. The number of pyridine rings is 1. The number of aromatic amines is 1. The van der Waals surface area contributed by atoms with E-state index in [1.54, 1.807) is 14.0 Å². The molecule has 2 aromatic carbocycles. The maximum absolute atomic E-state index is 13.1. The quantitative estimate of drug-likeness (QED) is 0.292. The Kier molecular flexibility index (Phi) is 8.63. The number of nitrogens with zero attached hydrogens (tertiary/aromatic N) is 5. The number of tetrazole rings is 1. The lowest BCUT2D eigenvalue weighted by molar-refractivity contribution is -0.144. The van der Waals surface area contributed by atoms with Gasteiger partial charge in [-0.25, -0.2) is 4.68 Å². The number of carbonyl (C=O) groups excluding carboxylic acids is 1. The zero-order chi connectivity index (χ0) is 26.2. The molecule has 0 saturated heterocycles. The predicted molar refractivity (Wildman–Crippen MR) is 139 cm³/mol. The molecule has 2 heterocycles. The number of benzene rings is 2. The third kappa shape index (κ3) is 6.39. The summed E-state index contributed by atoms with van der Waals surface area (Å²) in [6.45, 7) is 5.06. The summed E-state index contributed by atoms with van der Waals surface area (Å²) in [7, 11) is 1.60. The van der Waals surface area contributed by atoms with Crippen LogP contribution in [0.5, 0.6) is 5.75 Å². The van der Waals surface area contributed by atoms with E-state index in [9.17, 15) is 9.59 Å². The van der Waals surface area contributed by atoms with Crippen LogP contribution in [-0.4, -0.2) is 56.3 Å². The summed E-state index contributed by atoms with van der Waals surface area (Å²) >= 11 is 0. The van der Waals surface area contributed by atoms with Gasteiger partial charge in [0.1, 0.15) is 12.3 Å². The summed E-state index contributed by atoms with van der Waals surface area (Å²) < 4.78 is 11.9. The van der Waals surface area contributed by atoms with Gasteiger partial charge in [-0.3, -0.25) is 14.5 Å². The van der Waals surface area contributed by atoms with Crippen LogP contribution in [0.4, 0.5) is 0 Å². The minimum Gasteiger partial charge on any atom is -0.497 e. The maximum Gasteiger partial charge on any atom is 0.327 e. The van der Waals surface area contributed by atoms with Crippen molar-refractivity contribution in [1.29, 1.82) is 0 Å². The zero-order valence-corrected chi connectivity index (χ0v) is 21.4. The van der Waals surface area contributed by atoms with E-state index in [4.69, 9.17) is 9.47 Å². The van der Waals surface area contributed by atoms with Gasteiger partial charge in [0.05, 0.1) is 25.3 Å². The van der Waals surface area contributed by atoms with Crippen LogP contribution in [0.15, 0.2) is 59.4 Å². The standard InChI is InChI=1S/C27H32N6O4/c1-4-24(26-29-30-31-33(26)18-25(34)37-5-2)32(14-13-19-9-7-6-8-10-19)17-21-15-20-11-12-22(36-3)16-23(20)28-27(21)35/h6-12,15-16,24H,4-5,13-14,17-18H2,1-3H3,(H,28,35)/t24-/m1/s1. The van der Waals surface area contributed by atoms with Gasteiger partial charge in [-0.1, -0.05) is 37.3 Å². The molecule has 0 radical (unpaired) electrons. The lowest BCUT2D eigenvalue weighted by Crippen LogP contribution is -2.34. The zero-order valence-electron chi connectivity index (χ0n) is 21.4. The fourth-order valence-electron chi connectivity index (χ4n) is 4.45. The Morgan fingerprint density at radius 3 is 2.68 bits per heavy atom. The number of H-pyrrole nitrogens is 1. The summed E-state index contributed by atoms with van der Waals surface area (Å²) in [5.74, 6) is 0.841. The number of esters is 1. The van der Waals surface area contributed by atoms with Gasteiger partial charge in [0.25, 0.3) is 5.56 Å². The number of rotatable bonds is 12. The van der Waals surface area contributed by atoms with E-state index < -0.39 is 5.97 Å². The molecule has 10 nitrogen and oxygen atoms in total. The van der Waals surface area contributed by atoms with Crippen molar-refractivity contribution in [2.75, 3.05) is 20.3 Å². The van der Waals surface area contributed by atoms with Crippen molar-refractivity contribution < 1.29 is 14.3 Å². The summed E-state index contributed by atoms with van der Waals surface area (Å²) in [6, 6.07) is 17.5. The van der Waals surface area contributed by atoms with Crippen molar-refractivity contribution in [2.45, 2.75) is 45.8 Å². The van der Waals surface area contributed by atoms with E-state index >= 15 is 0 Å². The highest BCUT2D eigenvalue weighted by molar-refractivity contribution is 5.80. The molecule has 0 aliphatic rings. The highest BCUT2D eigenvalue weighted by Gasteiger charge is 2.26. The van der Waals surface area contributed by atoms with Gasteiger partial charge in [-0.2, -0.15) is 0 Å². The number of hydrogen-bond acceptors (Lipinski definition) is 8. The van der Waals surface area contributed by atoms with Gasteiger partial charge < -0.3 is 14.5 Å². The van der Waals surface area contributed by atoms with Crippen LogP contribution >= 0.6 is 0 Å². The van der Waals surface area contributed by atoms with Gasteiger partial charge in [-0.05, 0) is 59.3 Å². The van der Waals surface area contributed by atoms with E-state index in [2.05, 4.69) is 37.5 Å². The minimum atomic E-state index is -0.400. The number of nitrogens with one attached hydrogen (secondary N) is 1. The monoisotopic (exact) mass is 504 g/mol. The van der Waals surface area contributed by atoms with Gasteiger partial charge in [0.2, 0.25) is 0 Å². The molecule has 4 aromatic rings. The van der Waals surface area contributed by atoms with E-state index in [1.807, 2.05) is 49.4 Å². The highest BCUT2D eigenvalue weighted by Crippen LogP contribution is 2.25. The smallest absolute Gasteiger partial charge is 0.327 e. The molecule has 0 unspecified atom stereocenters. The van der Waals surface area contributed by atoms with Crippen molar-refractivity contribution in [3.8, 4) is 5.75 Å². The molecular formula is C27H32N6O4. The molecule has 10 heteroatoms. The van der Waals surface area contributed by atoms with Crippen molar-refractivity contribution >= 4 is 16.9 Å². The number of hydrogen-bond donors (Lipinski definition) is 1. The van der Waals surface area contributed by atoms with Crippen molar-refractivity contribution in [1.82, 2.24) is 30.1 Å². The Morgan fingerprint density at radius 1 is 1.14 bits per heavy atom. The third-order valence-corrected chi connectivity index (χ3v) is 6.30. The van der Waals surface area contributed by atoms with Gasteiger partial charge in [0, 0.05) is 24.7 Å². The molecule has 1 N–H and O–H groups in total. The minimum absolute atomic E-state index is 0.0718. The molecule has 2 aromatic heterocycles. The van der Waals surface area contributed by atoms with E-state index in [0.29, 0.717) is 42.2 Å². The lowest BCUT2D eigenvalue weighted by Gasteiger charge is -2.30. The van der Waals surface area contributed by atoms with Crippen LogP contribution in [0.3, 0.4) is 0 Å². The fourth-order valence-corrected chi connectivity index (χ4v) is 4.45. The number of carbonyl (C=O) groups is 1. The molecule has 0 bridgehead atoms. The van der Waals surface area contributed by atoms with E-state index in [0.717, 1.165) is 11.8 Å². The summed E-state index contributed by atoms with van der Waals surface area (Å²) in [6.07, 6.45) is 1.46. The largest absolute Gasteiger partial charge is 0.497 e. The predicted octanol–water partition coefficient (Wildman–Crippen LogP) is 3.28. The molecule has 0 saturated carbocycles. The van der Waals surface area contributed by atoms with Crippen LogP contribution in [0.1, 0.15) is 43.3 Å². The van der Waals surface area contributed by atoms with Gasteiger partial charge in [0.15, 0.2) is 5.82 Å². The molecule has 194 valence electrons. The lowest BCUT2D eigenvalue weighted by atomic mass is 10.1. The second-order valence-electron chi connectivity index (χ2n) is 8.71. The Morgan fingerprint density at radius 2 is 1.95 bits per heavy atom. The number of ether oxygens (including phenoxy) is 2. The molecule has 37 heavy (non-hydrogen) atoms. The van der Waals surface area contributed by atoms with Crippen LogP contribution in [0.25, 0.3) is 10.9 Å². The van der Waals surface area contributed by atoms with E-state index in [1.165, 1.54) is 10.2 Å². The Hall–Kier alpha value is -4.05. The first-order chi connectivity index (χ1) is 18.0. The van der Waals surface area contributed by atoms with Crippen LogP contribution < -0.4 is 10.3 Å². The second-order valence-corrected chi connectivity index (χ2v) is 8.71. The molecule has 4 rings (SSSR count). The molecule has 1 atom stereocenters. The molecule has 0 spiro atoms. The van der Waals surface area contributed by atoms with Gasteiger partial charge >= 0.3 is 5.97 Å². The Balaban J connectivity index is 1.66. The Labute approximate surface area is 215 Å². The number of fused-ring (bicyclic) bond motifs is 1. The molecule has 0 aliphatic heterocycles. The topological polar surface area (TPSA) is 115 Å². The molecule has 0 fully saturated rings.